The molecule has 102 valence electrons. The Morgan fingerprint density at radius 3 is 2.67 bits per heavy atom. The number of aliphatic hydroxyl groups is 1. The zero-order valence-corrected chi connectivity index (χ0v) is 12.0. The van der Waals surface area contributed by atoms with Gasteiger partial charge in [0.05, 0.1) is 17.7 Å². The van der Waals surface area contributed by atoms with Crippen LogP contribution in [-0.4, -0.2) is 24.4 Å². The first kappa shape index (κ1) is 15.3. The Balaban J connectivity index is 2.62. The molecule has 0 aliphatic heterocycles. The van der Waals surface area contributed by atoms with Crippen LogP contribution >= 0.6 is 11.6 Å². The molecule has 1 rings (SSSR count). The SMILES string of the molecule is CCNC(C)c1ccc(OCCC(C)O)c(Cl)c1. The van der Waals surface area contributed by atoms with E-state index < -0.39 is 0 Å². The molecule has 0 heterocycles. The van der Waals surface area contributed by atoms with Crippen molar-refractivity contribution in [1.29, 1.82) is 0 Å². The van der Waals surface area contributed by atoms with Crippen LogP contribution in [-0.2, 0) is 0 Å². The Hall–Kier alpha value is -0.770. The van der Waals surface area contributed by atoms with E-state index in [2.05, 4.69) is 19.2 Å². The van der Waals surface area contributed by atoms with Gasteiger partial charge < -0.3 is 15.2 Å². The molecule has 0 aliphatic carbocycles. The van der Waals surface area contributed by atoms with Gasteiger partial charge >= 0.3 is 0 Å². The topological polar surface area (TPSA) is 41.5 Å². The highest BCUT2D eigenvalue weighted by molar-refractivity contribution is 6.32. The molecular weight excluding hydrogens is 250 g/mol. The molecule has 0 aromatic heterocycles. The molecule has 3 nitrogen and oxygen atoms in total. The number of hydrogen-bond acceptors (Lipinski definition) is 3. The van der Waals surface area contributed by atoms with Crippen LogP contribution in [0.2, 0.25) is 5.02 Å². The molecule has 0 fully saturated rings. The van der Waals surface area contributed by atoms with Gasteiger partial charge in [0.1, 0.15) is 5.75 Å². The summed E-state index contributed by atoms with van der Waals surface area (Å²) < 4.78 is 5.53. The van der Waals surface area contributed by atoms with Crippen LogP contribution in [0, 0.1) is 0 Å². The van der Waals surface area contributed by atoms with Gasteiger partial charge in [0.15, 0.2) is 0 Å². The van der Waals surface area contributed by atoms with E-state index in [-0.39, 0.29) is 12.1 Å². The lowest BCUT2D eigenvalue weighted by Crippen LogP contribution is -2.17. The van der Waals surface area contributed by atoms with E-state index in [4.69, 9.17) is 21.4 Å². The molecule has 0 bridgehead atoms. The minimum absolute atomic E-state index is 0.277. The summed E-state index contributed by atoms with van der Waals surface area (Å²) in [5.74, 6) is 0.671. The molecular formula is C14H22ClNO2. The van der Waals surface area contributed by atoms with Crippen LogP contribution in [0.5, 0.6) is 5.75 Å². The Labute approximate surface area is 114 Å². The van der Waals surface area contributed by atoms with Crippen molar-refractivity contribution in [3.05, 3.63) is 28.8 Å². The smallest absolute Gasteiger partial charge is 0.137 e. The molecule has 18 heavy (non-hydrogen) atoms. The third-order valence-corrected chi connectivity index (χ3v) is 3.05. The van der Waals surface area contributed by atoms with Crippen LogP contribution in [0.15, 0.2) is 18.2 Å². The molecule has 2 unspecified atom stereocenters. The van der Waals surface area contributed by atoms with Gasteiger partial charge in [-0.3, -0.25) is 0 Å². The third kappa shape index (κ3) is 4.84. The van der Waals surface area contributed by atoms with Crippen molar-refractivity contribution in [2.45, 2.75) is 39.3 Å². The number of nitrogens with one attached hydrogen (secondary N) is 1. The number of halogens is 1. The van der Waals surface area contributed by atoms with Crippen molar-refractivity contribution >= 4 is 11.6 Å². The van der Waals surface area contributed by atoms with Gasteiger partial charge in [-0.25, -0.2) is 0 Å². The first-order chi connectivity index (χ1) is 8.54. The molecule has 0 saturated heterocycles. The first-order valence-electron chi connectivity index (χ1n) is 6.38. The molecule has 2 N–H and O–H groups in total. The van der Waals surface area contributed by atoms with Gasteiger partial charge in [0, 0.05) is 12.5 Å². The summed E-state index contributed by atoms with van der Waals surface area (Å²) in [5, 5.41) is 13.1. The molecule has 0 aliphatic rings. The lowest BCUT2D eigenvalue weighted by molar-refractivity contribution is 0.155. The summed E-state index contributed by atoms with van der Waals surface area (Å²) in [5.41, 5.74) is 1.14. The largest absolute Gasteiger partial charge is 0.492 e. The Bertz CT molecular complexity index is 369. The molecule has 1 aromatic rings. The van der Waals surface area contributed by atoms with E-state index in [9.17, 15) is 0 Å². The minimum Gasteiger partial charge on any atom is -0.492 e. The second-order valence-corrected chi connectivity index (χ2v) is 4.86. The van der Waals surface area contributed by atoms with E-state index in [1.54, 1.807) is 6.92 Å². The van der Waals surface area contributed by atoms with E-state index >= 15 is 0 Å². The van der Waals surface area contributed by atoms with Gasteiger partial charge in [-0.1, -0.05) is 24.6 Å². The summed E-state index contributed by atoms with van der Waals surface area (Å²) >= 11 is 6.17. The highest BCUT2D eigenvalue weighted by Gasteiger charge is 2.08. The lowest BCUT2D eigenvalue weighted by atomic mass is 10.1. The maximum atomic E-state index is 9.15. The first-order valence-corrected chi connectivity index (χ1v) is 6.76. The molecule has 0 saturated carbocycles. The minimum atomic E-state index is -0.350. The fourth-order valence-electron chi connectivity index (χ4n) is 1.67. The quantitative estimate of drug-likeness (QED) is 0.800. The van der Waals surface area contributed by atoms with Crippen molar-refractivity contribution in [3.63, 3.8) is 0 Å². The predicted octanol–water partition coefficient (Wildman–Crippen LogP) is 3.16. The summed E-state index contributed by atoms with van der Waals surface area (Å²) in [6, 6.07) is 6.09. The van der Waals surface area contributed by atoms with Gasteiger partial charge in [-0.05, 0) is 38.1 Å². The Morgan fingerprint density at radius 2 is 2.11 bits per heavy atom. The fourth-order valence-corrected chi connectivity index (χ4v) is 1.91. The van der Waals surface area contributed by atoms with Gasteiger partial charge in [-0.2, -0.15) is 0 Å². The molecule has 0 spiro atoms. The van der Waals surface area contributed by atoms with Crippen molar-refractivity contribution in [2.24, 2.45) is 0 Å². The number of hydrogen-bond donors (Lipinski definition) is 2. The number of ether oxygens (including phenoxy) is 1. The highest BCUT2D eigenvalue weighted by atomic mass is 35.5. The number of aliphatic hydroxyl groups excluding tert-OH is 1. The lowest BCUT2D eigenvalue weighted by Gasteiger charge is -2.15. The zero-order chi connectivity index (χ0) is 13.5. The molecule has 0 amide bonds. The van der Waals surface area contributed by atoms with E-state index in [0.29, 0.717) is 23.8 Å². The Kier molecular flexibility index (Phi) is 6.47. The van der Waals surface area contributed by atoms with Crippen LogP contribution in [0.1, 0.15) is 38.8 Å². The Morgan fingerprint density at radius 1 is 1.39 bits per heavy atom. The summed E-state index contributed by atoms with van der Waals surface area (Å²) in [6.07, 6.45) is 0.253. The van der Waals surface area contributed by atoms with E-state index in [1.165, 1.54) is 0 Å². The van der Waals surface area contributed by atoms with Gasteiger partial charge in [0.25, 0.3) is 0 Å². The summed E-state index contributed by atoms with van der Waals surface area (Å²) in [4.78, 5) is 0. The van der Waals surface area contributed by atoms with Crippen molar-refractivity contribution in [3.8, 4) is 5.75 Å². The zero-order valence-electron chi connectivity index (χ0n) is 11.2. The third-order valence-electron chi connectivity index (χ3n) is 2.76. The normalized spacial score (nSPS) is 14.3. The second kappa shape index (κ2) is 7.62. The number of benzene rings is 1. The average Bonchev–Trinajstić information content (AvgIpc) is 2.31. The van der Waals surface area contributed by atoms with Crippen LogP contribution in [0.25, 0.3) is 0 Å². The van der Waals surface area contributed by atoms with Gasteiger partial charge in [-0.15, -0.1) is 0 Å². The molecule has 1 aromatic carbocycles. The summed E-state index contributed by atoms with van der Waals surface area (Å²) in [6.45, 7) is 7.31. The monoisotopic (exact) mass is 271 g/mol. The number of rotatable bonds is 7. The standard InChI is InChI=1S/C14H22ClNO2/c1-4-16-11(3)12-5-6-14(13(15)9-12)18-8-7-10(2)17/h5-6,9-11,16-17H,4,7-8H2,1-3H3. The van der Waals surface area contributed by atoms with Crippen molar-refractivity contribution < 1.29 is 9.84 Å². The summed E-state index contributed by atoms with van der Waals surface area (Å²) in [7, 11) is 0. The maximum Gasteiger partial charge on any atom is 0.137 e. The fraction of sp³-hybridized carbons (Fsp3) is 0.571. The van der Waals surface area contributed by atoms with Crippen molar-refractivity contribution in [1.82, 2.24) is 5.32 Å². The van der Waals surface area contributed by atoms with E-state index in [1.807, 2.05) is 18.2 Å². The molecule has 0 radical (unpaired) electrons. The van der Waals surface area contributed by atoms with E-state index in [0.717, 1.165) is 12.1 Å². The molecule has 2 atom stereocenters. The van der Waals surface area contributed by atoms with Crippen LogP contribution < -0.4 is 10.1 Å². The second-order valence-electron chi connectivity index (χ2n) is 4.46. The van der Waals surface area contributed by atoms with Crippen LogP contribution in [0.4, 0.5) is 0 Å². The average molecular weight is 272 g/mol. The maximum absolute atomic E-state index is 9.15. The van der Waals surface area contributed by atoms with Crippen LogP contribution in [0.3, 0.4) is 0 Å². The molecule has 4 heteroatoms. The highest BCUT2D eigenvalue weighted by Crippen LogP contribution is 2.28. The van der Waals surface area contributed by atoms with Gasteiger partial charge in [0.2, 0.25) is 0 Å². The van der Waals surface area contributed by atoms with Crippen molar-refractivity contribution in [2.75, 3.05) is 13.2 Å². The predicted molar refractivity (Wildman–Crippen MR) is 75.3 cm³/mol.